The summed E-state index contributed by atoms with van der Waals surface area (Å²) in [5.41, 5.74) is 5.84. The lowest BCUT2D eigenvalue weighted by molar-refractivity contribution is 0.0954. The van der Waals surface area contributed by atoms with E-state index in [-0.39, 0.29) is 16.4 Å². The van der Waals surface area contributed by atoms with Crippen LogP contribution in [0, 0.1) is 19.8 Å². The number of carbonyl (C=O) groups is 1. The molecule has 0 atom stereocenters. The normalized spacial score (nSPS) is 12.1. The maximum absolute atomic E-state index is 12.7. The Morgan fingerprint density at radius 3 is 2.41 bits per heavy atom. The zero-order valence-corrected chi connectivity index (χ0v) is 17.0. The standard InChI is InChI=1S/C20H25N3O3S/c1-13(2)16(5)21-22-20(24)17-7-6-8-18(12-17)27(25,26)23-19-10-9-14(3)11-15(19)4/h6-13,23H,1-5H3,(H,22,24)/b21-16-. The van der Waals surface area contributed by atoms with Crippen LogP contribution in [-0.2, 0) is 10.0 Å². The van der Waals surface area contributed by atoms with Crippen LogP contribution in [0.25, 0.3) is 0 Å². The molecule has 2 aromatic carbocycles. The maximum Gasteiger partial charge on any atom is 0.271 e. The molecular weight excluding hydrogens is 362 g/mol. The second kappa shape index (κ2) is 8.35. The van der Waals surface area contributed by atoms with Crippen molar-refractivity contribution in [2.75, 3.05) is 4.72 Å². The summed E-state index contributed by atoms with van der Waals surface area (Å²) in [5.74, 6) is -0.252. The predicted molar refractivity (Wildman–Crippen MR) is 109 cm³/mol. The third kappa shape index (κ3) is 5.40. The van der Waals surface area contributed by atoms with Gasteiger partial charge in [-0.1, -0.05) is 37.6 Å². The number of aryl methyl sites for hydroxylation is 2. The fraction of sp³-hybridized carbons (Fsp3) is 0.300. The molecule has 27 heavy (non-hydrogen) atoms. The Kier molecular flexibility index (Phi) is 6.38. The number of nitrogens with zero attached hydrogens (tertiary/aromatic N) is 1. The van der Waals surface area contributed by atoms with Gasteiger partial charge in [0.2, 0.25) is 0 Å². The number of rotatable bonds is 6. The highest BCUT2D eigenvalue weighted by Gasteiger charge is 2.17. The average molecular weight is 388 g/mol. The Labute approximate surface area is 160 Å². The number of anilines is 1. The second-order valence-corrected chi connectivity index (χ2v) is 8.48. The molecule has 0 heterocycles. The quantitative estimate of drug-likeness (QED) is 0.583. The monoisotopic (exact) mass is 387 g/mol. The van der Waals surface area contributed by atoms with E-state index in [0.717, 1.165) is 16.8 Å². The van der Waals surface area contributed by atoms with Gasteiger partial charge in [-0.25, -0.2) is 13.8 Å². The Morgan fingerprint density at radius 2 is 1.78 bits per heavy atom. The molecule has 0 spiro atoms. The van der Waals surface area contributed by atoms with Gasteiger partial charge in [-0.05, 0) is 56.5 Å². The van der Waals surface area contributed by atoms with Crippen LogP contribution < -0.4 is 10.1 Å². The SMILES string of the molecule is C/C(=N/NC(=O)c1cccc(S(=O)(=O)Nc2ccc(C)cc2C)c1)C(C)C. The van der Waals surface area contributed by atoms with E-state index < -0.39 is 15.9 Å². The summed E-state index contributed by atoms with van der Waals surface area (Å²) in [4.78, 5) is 12.3. The maximum atomic E-state index is 12.7. The first-order chi connectivity index (χ1) is 12.6. The summed E-state index contributed by atoms with van der Waals surface area (Å²) in [7, 11) is -3.82. The summed E-state index contributed by atoms with van der Waals surface area (Å²) < 4.78 is 28.0. The van der Waals surface area contributed by atoms with Crippen molar-refractivity contribution in [1.29, 1.82) is 0 Å². The van der Waals surface area contributed by atoms with E-state index in [0.29, 0.717) is 5.69 Å². The smallest absolute Gasteiger partial charge is 0.271 e. The van der Waals surface area contributed by atoms with Crippen LogP contribution in [0.2, 0.25) is 0 Å². The number of hydrogen-bond donors (Lipinski definition) is 2. The molecule has 2 rings (SSSR count). The van der Waals surface area contributed by atoms with Crippen molar-refractivity contribution < 1.29 is 13.2 Å². The van der Waals surface area contributed by atoms with E-state index in [1.807, 2.05) is 46.8 Å². The lowest BCUT2D eigenvalue weighted by Crippen LogP contribution is -2.21. The minimum Gasteiger partial charge on any atom is -0.279 e. The lowest BCUT2D eigenvalue weighted by atomic mass is 10.1. The Hall–Kier alpha value is -2.67. The number of amides is 1. The Bertz CT molecular complexity index is 980. The van der Waals surface area contributed by atoms with Crippen molar-refractivity contribution in [3.05, 3.63) is 59.2 Å². The highest BCUT2D eigenvalue weighted by atomic mass is 32.2. The van der Waals surface area contributed by atoms with Gasteiger partial charge < -0.3 is 0 Å². The molecule has 0 aliphatic heterocycles. The number of sulfonamides is 1. The van der Waals surface area contributed by atoms with E-state index in [9.17, 15) is 13.2 Å². The van der Waals surface area contributed by atoms with E-state index in [2.05, 4.69) is 15.2 Å². The summed E-state index contributed by atoms with van der Waals surface area (Å²) in [6, 6.07) is 11.3. The molecule has 0 aromatic heterocycles. The molecule has 0 bridgehead atoms. The molecule has 0 aliphatic rings. The molecule has 0 radical (unpaired) electrons. The average Bonchev–Trinajstić information content (AvgIpc) is 2.61. The van der Waals surface area contributed by atoms with Crippen LogP contribution in [0.1, 0.15) is 42.3 Å². The molecular formula is C20H25N3O3S. The fourth-order valence-electron chi connectivity index (χ4n) is 2.27. The molecule has 6 nitrogen and oxygen atoms in total. The largest absolute Gasteiger partial charge is 0.279 e. The molecule has 7 heteroatoms. The van der Waals surface area contributed by atoms with E-state index in [4.69, 9.17) is 0 Å². The fourth-order valence-corrected chi connectivity index (χ4v) is 3.45. The lowest BCUT2D eigenvalue weighted by Gasteiger charge is -2.12. The summed E-state index contributed by atoms with van der Waals surface area (Å²) >= 11 is 0. The first-order valence-electron chi connectivity index (χ1n) is 8.65. The minimum absolute atomic E-state index is 0.0136. The second-order valence-electron chi connectivity index (χ2n) is 6.80. The third-order valence-corrected chi connectivity index (χ3v) is 5.57. The first-order valence-corrected chi connectivity index (χ1v) is 10.1. The van der Waals surface area contributed by atoms with Crippen molar-refractivity contribution in [2.45, 2.75) is 39.5 Å². The predicted octanol–water partition coefficient (Wildman–Crippen LogP) is 3.87. The molecule has 0 fully saturated rings. The summed E-state index contributed by atoms with van der Waals surface area (Å²) in [6.45, 7) is 9.54. The molecule has 2 N–H and O–H groups in total. The molecule has 0 unspecified atom stereocenters. The number of hydrazone groups is 1. The third-order valence-electron chi connectivity index (χ3n) is 4.20. The topological polar surface area (TPSA) is 87.6 Å². The summed E-state index contributed by atoms with van der Waals surface area (Å²) in [5, 5.41) is 4.03. The van der Waals surface area contributed by atoms with Crippen molar-refractivity contribution >= 4 is 27.3 Å². The Balaban J connectivity index is 2.25. The van der Waals surface area contributed by atoms with Crippen LogP contribution in [0.5, 0.6) is 0 Å². The van der Waals surface area contributed by atoms with Gasteiger partial charge in [-0.15, -0.1) is 0 Å². The van der Waals surface area contributed by atoms with Crippen molar-refractivity contribution in [3.63, 3.8) is 0 Å². The number of benzene rings is 2. The van der Waals surface area contributed by atoms with Gasteiger partial charge in [-0.2, -0.15) is 5.10 Å². The summed E-state index contributed by atoms with van der Waals surface area (Å²) in [6.07, 6.45) is 0. The van der Waals surface area contributed by atoms with Crippen molar-refractivity contribution in [3.8, 4) is 0 Å². The molecule has 144 valence electrons. The van der Waals surface area contributed by atoms with Gasteiger partial charge in [-0.3, -0.25) is 9.52 Å². The molecule has 0 aliphatic carbocycles. The number of nitrogens with one attached hydrogen (secondary N) is 2. The zero-order chi connectivity index (χ0) is 20.2. The molecule has 1 amide bonds. The van der Waals surface area contributed by atoms with Crippen molar-refractivity contribution in [2.24, 2.45) is 11.0 Å². The first kappa shape index (κ1) is 20.6. The van der Waals surface area contributed by atoms with Gasteiger partial charge >= 0.3 is 0 Å². The van der Waals surface area contributed by atoms with Gasteiger partial charge in [0, 0.05) is 11.3 Å². The molecule has 2 aromatic rings. The van der Waals surface area contributed by atoms with Crippen LogP contribution >= 0.6 is 0 Å². The highest BCUT2D eigenvalue weighted by molar-refractivity contribution is 7.92. The molecule has 0 saturated heterocycles. The van der Waals surface area contributed by atoms with Gasteiger partial charge in [0.1, 0.15) is 0 Å². The van der Waals surface area contributed by atoms with Gasteiger partial charge in [0.05, 0.1) is 10.6 Å². The van der Waals surface area contributed by atoms with Gasteiger partial charge in [0.15, 0.2) is 0 Å². The van der Waals surface area contributed by atoms with E-state index in [1.165, 1.54) is 18.2 Å². The number of hydrogen-bond acceptors (Lipinski definition) is 4. The van der Waals surface area contributed by atoms with E-state index in [1.54, 1.807) is 12.1 Å². The van der Waals surface area contributed by atoms with Crippen LogP contribution in [0.4, 0.5) is 5.69 Å². The van der Waals surface area contributed by atoms with Crippen molar-refractivity contribution in [1.82, 2.24) is 5.43 Å². The zero-order valence-electron chi connectivity index (χ0n) is 16.2. The van der Waals surface area contributed by atoms with E-state index >= 15 is 0 Å². The highest BCUT2D eigenvalue weighted by Crippen LogP contribution is 2.21. The van der Waals surface area contributed by atoms with Crippen LogP contribution in [0.3, 0.4) is 0 Å². The Morgan fingerprint density at radius 1 is 1.07 bits per heavy atom. The molecule has 0 saturated carbocycles. The number of carbonyl (C=O) groups excluding carboxylic acids is 1. The van der Waals surface area contributed by atoms with Crippen LogP contribution in [-0.4, -0.2) is 20.0 Å². The van der Waals surface area contributed by atoms with Crippen LogP contribution in [0.15, 0.2) is 52.5 Å². The van der Waals surface area contributed by atoms with Gasteiger partial charge in [0.25, 0.3) is 15.9 Å². The minimum atomic E-state index is -3.82.